The van der Waals surface area contributed by atoms with Crippen molar-refractivity contribution in [2.24, 2.45) is 17.3 Å². The maximum atomic E-state index is 12.8. The van der Waals surface area contributed by atoms with Gasteiger partial charge in [0.15, 0.2) is 5.78 Å². The second-order valence-corrected chi connectivity index (χ2v) is 11.2. The standard InChI is InChI=1S/C27H35N3O3/c1-26(2,3)14-25(32)29-24-10-9-20(15-28-24)23(31)18-30-16-21-12-27(33,13-22(21)17-30)11-19-7-5-4-6-8-19/h4-10,15,21-22,33H,11-14,16-18H2,1-3H3,(H,28,29,32)/t21-,22+,27-. The molecule has 2 N–H and O–H groups in total. The van der Waals surface area contributed by atoms with Crippen molar-refractivity contribution in [2.75, 3.05) is 25.0 Å². The van der Waals surface area contributed by atoms with Crippen molar-refractivity contribution in [2.45, 2.75) is 52.1 Å². The van der Waals surface area contributed by atoms with Crippen molar-refractivity contribution >= 4 is 17.5 Å². The fourth-order valence-electron chi connectivity index (χ4n) is 5.40. The van der Waals surface area contributed by atoms with Gasteiger partial charge in [-0.05, 0) is 47.8 Å². The van der Waals surface area contributed by atoms with Gasteiger partial charge in [0.25, 0.3) is 0 Å². The lowest BCUT2D eigenvalue weighted by Crippen LogP contribution is -2.34. The van der Waals surface area contributed by atoms with E-state index in [2.05, 4.69) is 27.3 Å². The van der Waals surface area contributed by atoms with Gasteiger partial charge in [-0.2, -0.15) is 0 Å². The summed E-state index contributed by atoms with van der Waals surface area (Å²) in [5.41, 5.74) is 1.01. The number of rotatable bonds is 7. The Morgan fingerprint density at radius 1 is 1.09 bits per heavy atom. The molecule has 1 amide bonds. The highest BCUT2D eigenvalue weighted by molar-refractivity contribution is 5.98. The van der Waals surface area contributed by atoms with E-state index >= 15 is 0 Å². The Balaban J connectivity index is 1.26. The Morgan fingerprint density at radius 2 is 1.76 bits per heavy atom. The van der Waals surface area contributed by atoms with Crippen molar-refractivity contribution < 1.29 is 14.7 Å². The highest BCUT2D eigenvalue weighted by Gasteiger charge is 2.48. The van der Waals surface area contributed by atoms with Crippen molar-refractivity contribution in [1.82, 2.24) is 9.88 Å². The third kappa shape index (κ3) is 6.27. The number of hydrogen-bond donors (Lipinski definition) is 2. The van der Waals surface area contributed by atoms with E-state index in [4.69, 9.17) is 0 Å². The second kappa shape index (κ2) is 9.35. The summed E-state index contributed by atoms with van der Waals surface area (Å²) >= 11 is 0. The third-order valence-corrected chi connectivity index (χ3v) is 6.72. The SMILES string of the molecule is CC(C)(C)CC(=O)Nc1ccc(C(=O)CN2C[C@@H]3C[C@@](O)(Cc4ccccc4)C[C@@H]3C2)cn1. The molecule has 1 aromatic carbocycles. The largest absolute Gasteiger partial charge is 0.390 e. The minimum Gasteiger partial charge on any atom is -0.390 e. The number of pyridine rings is 1. The Bertz CT molecular complexity index is 968. The number of aliphatic hydroxyl groups is 1. The summed E-state index contributed by atoms with van der Waals surface area (Å²) in [6.07, 6.45) is 4.24. The molecule has 2 aromatic rings. The van der Waals surface area contributed by atoms with Gasteiger partial charge in [-0.15, -0.1) is 0 Å². The highest BCUT2D eigenvalue weighted by Crippen LogP contribution is 2.45. The quantitative estimate of drug-likeness (QED) is 0.626. The minimum atomic E-state index is -0.635. The lowest BCUT2D eigenvalue weighted by Gasteiger charge is -2.26. The van der Waals surface area contributed by atoms with Gasteiger partial charge < -0.3 is 10.4 Å². The molecule has 0 radical (unpaired) electrons. The molecular weight excluding hydrogens is 414 g/mol. The van der Waals surface area contributed by atoms with Crippen LogP contribution in [0.25, 0.3) is 0 Å². The van der Waals surface area contributed by atoms with E-state index < -0.39 is 5.60 Å². The number of Topliss-reactive ketones (excluding diaryl/α,β-unsaturated/α-hetero) is 1. The summed E-state index contributed by atoms with van der Waals surface area (Å²) in [5.74, 6) is 1.30. The first-order valence-electron chi connectivity index (χ1n) is 11.9. The first kappa shape index (κ1) is 23.6. The molecule has 1 aliphatic heterocycles. The summed E-state index contributed by atoms with van der Waals surface area (Å²) < 4.78 is 0. The summed E-state index contributed by atoms with van der Waals surface area (Å²) in [4.78, 5) is 31.3. The van der Waals surface area contributed by atoms with Gasteiger partial charge in [0.05, 0.1) is 12.1 Å². The Morgan fingerprint density at radius 3 is 2.33 bits per heavy atom. The highest BCUT2D eigenvalue weighted by atomic mass is 16.3. The molecule has 1 aliphatic carbocycles. The van der Waals surface area contributed by atoms with E-state index in [1.807, 2.05) is 39.0 Å². The molecule has 33 heavy (non-hydrogen) atoms. The fourth-order valence-corrected chi connectivity index (χ4v) is 5.40. The topological polar surface area (TPSA) is 82.5 Å². The van der Waals surface area contributed by atoms with Crippen LogP contribution in [0.5, 0.6) is 0 Å². The number of hydrogen-bond acceptors (Lipinski definition) is 5. The summed E-state index contributed by atoms with van der Waals surface area (Å²) in [6, 6.07) is 13.6. The predicted octanol–water partition coefficient (Wildman–Crippen LogP) is 3.95. The lowest BCUT2D eigenvalue weighted by atomic mass is 9.91. The first-order chi connectivity index (χ1) is 15.6. The molecule has 2 heterocycles. The van der Waals surface area contributed by atoms with Crippen LogP contribution in [0.2, 0.25) is 0 Å². The van der Waals surface area contributed by atoms with Crippen LogP contribution in [0.3, 0.4) is 0 Å². The maximum Gasteiger partial charge on any atom is 0.226 e. The minimum absolute atomic E-state index is 0.0367. The van der Waals surface area contributed by atoms with Gasteiger partial charge in [0, 0.05) is 37.7 Å². The van der Waals surface area contributed by atoms with Crippen molar-refractivity contribution in [3.8, 4) is 0 Å². The third-order valence-electron chi connectivity index (χ3n) is 6.72. The molecule has 6 heteroatoms. The molecule has 2 fully saturated rings. The van der Waals surface area contributed by atoms with Crippen LogP contribution in [0.4, 0.5) is 5.82 Å². The Labute approximate surface area is 196 Å². The monoisotopic (exact) mass is 449 g/mol. The molecule has 3 atom stereocenters. The van der Waals surface area contributed by atoms with Crippen LogP contribution in [0, 0.1) is 17.3 Å². The van der Waals surface area contributed by atoms with Crippen LogP contribution < -0.4 is 5.32 Å². The van der Waals surface area contributed by atoms with E-state index in [1.54, 1.807) is 18.3 Å². The number of carbonyl (C=O) groups is 2. The number of ketones is 1. The smallest absolute Gasteiger partial charge is 0.226 e. The number of likely N-dealkylation sites (tertiary alicyclic amines) is 1. The number of anilines is 1. The van der Waals surface area contributed by atoms with Crippen molar-refractivity contribution in [3.05, 3.63) is 59.8 Å². The second-order valence-electron chi connectivity index (χ2n) is 11.2. The number of amides is 1. The van der Waals surface area contributed by atoms with Gasteiger partial charge in [0.2, 0.25) is 5.91 Å². The predicted molar refractivity (Wildman–Crippen MR) is 129 cm³/mol. The van der Waals surface area contributed by atoms with Crippen molar-refractivity contribution in [1.29, 1.82) is 0 Å². The molecule has 6 nitrogen and oxygen atoms in total. The van der Waals surface area contributed by atoms with Gasteiger partial charge in [-0.25, -0.2) is 4.98 Å². The first-order valence-corrected chi connectivity index (χ1v) is 11.9. The molecule has 1 aromatic heterocycles. The normalized spacial score (nSPS) is 25.1. The van der Waals surface area contributed by atoms with Crippen LogP contribution >= 0.6 is 0 Å². The number of nitrogens with one attached hydrogen (secondary N) is 1. The van der Waals surface area contributed by atoms with Crippen LogP contribution in [-0.2, 0) is 11.2 Å². The molecule has 0 unspecified atom stereocenters. The fraction of sp³-hybridized carbons (Fsp3) is 0.519. The molecule has 2 aliphatic rings. The average molecular weight is 450 g/mol. The molecule has 0 spiro atoms. The average Bonchev–Trinajstić information content (AvgIpc) is 3.21. The molecule has 1 saturated heterocycles. The number of benzene rings is 1. The van der Waals surface area contributed by atoms with E-state index in [0.717, 1.165) is 25.9 Å². The van der Waals surface area contributed by atoms with E-state index in [1.165, 1.54) is 5.56 Å². The van der Waals surface area contributed by atoms with Gasteiger partial charge in [0.1, 0.15) is 5.82 Å². The molecule has 4 rings (SSSR count). The summed E-state index contributed by atoms with van der Waals surface area (Å²) in [7, 11) is 0. The van der Waals surface area contributed by atoms with Gasteiger partial charge >= 0.3 is 0 Å². The number of nitrogens with zero attached hydrogens (tertiary/aromatic N) is 2. The lowest BCUT2D eigenvalue weighted by molar-refractivity contribution is -0.117. The number of carbonyl (C=O) groups excluding carboxylic acids is 2. The van der Waals surface area contributed by atoms with E-state index in [0.29, 0.717) is 42.6 Å². The zero-order valence-electron chi connectivity index (χ0n) is 19.9. The summed E-state index contributed by atoms with van der Waals surface area (Å²) in [5, 5.41) is 13.9. The maximum absolute atomic E-state index is 12.8. The molecule has 176 valence electrons. The zero-order chi connectivity index (χ0) is 23.6. The van der Waals surface area contributed by atoms with E-state index in [9.17, 15) is 14.7 Å². The Kier molecular flexibility index (Phi) is 6.68. The van der Waals surface area contributed by atoms with Gasteiger partial charge in [-0.3, -0.25) is 14.5 Å². The molecule has 0 bridgehead atoms. The van der Waals surface area contributed by atoms with Crippen LogP contribution in [0.15, 0.2) is 48.7 Å². The van der Waals surface area contributed by atoms with Gasteiger partial charge in [-0.1, -0.05) is 51.1 Å². The number of aromatic nitrogens is 1. The van der Waals surface area contributed by atoms with Crippen molar-refractivity contribution in [3.63, 3.8) is 0 Å². The number of fused-ring (bicyclic) bond motifs is 1. The zero-order valence-corrected chi connectivity index (χ0v) is 19.9. The van der Waals surface area contributed by atoms with Crippen LogP contribution in [-0.4, -0.2) is 51.9 Å². The molecule has 1 saturated carbocycles. The van der Waals surface area contributed by atoms with E-state index in [-0.39, 0.29) is 17.1 Å². The molecular formula is C27H35N3O3. The Hall–Kier alpha value is -2.57. The van der Waals surface area contributed by atoms with Crippen LogP contribution in [0.1, 0.15) is 56.0 Å². The summed E-state index contributed by atoms with van der Waals surface area (Å²) in [6.45, 7) is 8.10.